The molecule has 482 valence electrons. The molecule has 0 radical (unpaired) electrons. The van der Waals surface area contributed by atoms with Gasteiger partial charge in [0.15, 0.2) is 18.9 Å². The van der Waals surface area contributed by atoms with Crippen LogP contribution in [0.2, 0.25) is 0 Å². The number of carbonyl (C=O) groups excluding carboxylic acids is 1. The van der Waals surface area contributed by atoms with Crippen LogP contribution in [0.15, 0.2) is 60.8 Å². The van der Waals surface area contributed by atoms with Crippen molar-refractivity contribution in [1.82, 2.24) is 5.32 Å². The Morgan fingerprint density at radius 1 is 0.446 bits per heavy atom. The highest BCUT2D eigenvalue weighted by molar-refractivity contribution is 5.76. The monoisotopic (exact) mass is 1180 g/mol. The summed E-state index contributed by atoms with van der Waals surface area (Å²) in [5.74, 6) is -0.316. The smallest absolute Gasteiger partial charge is 0.220 e. The molecule has 3 saturated heterocycles. The number of aliphatic hydroxyl groups is 11. The van der Waals surface area contributed by atoms with Crippen LogP contribution in [-0.4, -0.2) is 193 Å². The molecule has 3 fully saturated rings. The molecule has 3 aliphatic rings. The first-order chi connectivity index (χ1) is 40.3. The van der Waals surface area contributed by atoms with Gasteiger partial charge in [0, 0.05) is 6.42 Å². The van der Waals surface area contributed by atoms with Gasteiger partial charge in [0.05, 0.1) is 38.6 Å². The average Bonchev–Trinajstić information content (AvgIpc) is 3.33. The Balaban J connectivity index is 1.47. The minimum absolute atomic E-state index is 0.198. The van der Waals surface area contributed by atoms with Crippen molar-refractivity contribution in [2.75, 3.05) is 26.4 Å². The lowest BCUT2D eigenvalue weighted by Gasteiger charge is -2.48. The maximum Gasteiger partial charge on any atom is 0.220 e. The van der Waals surface area contributed by atoms with Crippen LogP contribution in [-0.2, 0) is 33.2 Å². The van der Waals surface area contributed by atoms with Crippen molar-refractivity contribution in [3.8, 4) is 0 Å². The number of hydrogen-bond donors (Lipinski definition) is 12. The van der Waals surface area contributed by atoms with Crippen molar-refractivity contribution in [2.45, 2.75) is 311 Å². The standard InChI is InChI=1S/C64H113NO18/c1-3-5-7-9-11-13-15-17-18-19-20-21-22-23-24-25-26-27-28-30-31-33-35-37-39-41-48(69)47(65-52(70)42-40-38-36-34-32-29-16-14-12-10-8-6-4-2)46-78-62-58(76)55(73)60(50(44-67)80-62)83-64-59(77)56(74)61(51(45-68)81-64)82-63-57(75)54(72)53(71)49(43-66)79-63/h6,8,12,14,29,31-33,39,41,47-51,53-64,66-69,71-77H,3-5,7,9-11,13,15-28,30,34-38,40,42-46H2,1-2H3,(H,65,70)/b8-6-,14-12-,32-29-,33-31+,41-39+. The Bertz CT molecular complexity index is 1750. The van der Waals surface area contributed by atoms with E-state index in [1.165, 1.54) is 116 Å². The Morgan fingerprint density at radius 3 is 1.35 bits per heavy atom. The lowest BCUT2D eigenvalue weighted by atomic mass is 9.96. The first-order valence-electron chi connectivity index (χ1n) is 32.0. The second-order valence-electron chi connectivity index (χ2n) is 22.8. The van der Waals surface area contributed by atoms with Crippen LogP contribution < -0.4 is 5.32 Å². The van der Waals surface area contributed by atoms with Crippen LogP contribution in [0.4, 0.5) is 0 Å². The number of rotatable bonds is 47. The molecular weight excluding hydrogens is 1070 g/mol. The molecule has 19 nitrogen and oxygen atoms in total. The fourth-order valence-corrected chi connectivity index (χ4v) is 10.6. The van der Waals surface area contributed by atoms with Gasteiger partial charge in [-0.3, -0.25) is 4.79 Å². The van der Waals surface area contributed by atoms with Gasteiger partial charge in [-0.05, 0) is 64.2 Å². The van der Waals surface area contributed by atoms with Crippen molar-refractivity contribution >= 4 is 5.91 Å². The van der Waals surface area contributed by atoms with Crippen LogP contribution >= 0.6 is 0 Å². The summed E-state index contributed by atoms with van der Waals surface area (Å²) in [6.07, 6.45) is 28.0. The van der Waals surface area contributed by atoms with Gasteiger partial charge >= 0.3 is 0 Å². The van der Waals surface area contributed by atoms with Gasteiger partial charge in [0.1, 0.15) is 73.2 Å². The molecule has 0 aromatic heterocycles. The van der Waals surface area contributed by atoms with Gasteiger partial charge in [-0.1, -0.05) is 197 Å². The van der Waals surface area contributed by atoms with Crippen molar-refractivity contribution in [3.63, 3.8) is 0 Å². The third-order valence-corrected chi connectivity index (χ3v) is 15.8. The Hall–Kier alpha value is -2.51. The summed E-state index contributed by atoms with van der Waals surface area (Å²) in [7, 11) is 0. The van der Waals surface area contributed by atoms with Crippen molar-refractivity contribution in [2.24, 2.45) is 0 Å². The zero-order valence-electron chi connectivity index (χ0n) is 50.4. The molecule has 0 spiro atoms. The Kier molecular flexibility index (Phi) is 42.0. The quantitative estimate of drug-likeness (QED) is 0.0220. The number of hydrogen-bond acceptors (Lipinski definition) is 18. The summed E-state index contributed by atoms with van der Waals surface area (Å²) in [6, 6.07) is -1.01. The number of nitrogens with one attached hydrogen (secondary N) is 1. The number of ether oxygens (including phenoxy) is 6. The number of carbonyl (C=O) groups is 1. The van der Waals surface area contributed by atoms with Crippen LogP contribution in [0.1, 0.15) is 206 Å². The third-order valence-electron chi connectivity index (χ3n) is 15.8. The summed E-state index contributed by atoms with van der Waals surface area (Å²) >= 11 is 0. The Labute approximate surface area is 496 Å². The first-order valence-corrected chi connectivity index (χ1v) is 32.0. The summed E-state index contributed by atoms with van der Waals surface area (Å²) in [6.45, 7) is 1.56. The molecule has 0 aromatic carbocycles. The van der Waals surface area contributed by atoms with Crippen molar-refractivity contribution < 1.29 is 89.4 Å². The number of aliphatic hydroxyl groups excluding tert-OH is 11. The molecular formula is C64H113NO18. The van der Waals surface area contributed by atoms with Crippen molar-refractivity contribution in [3.05, 3.63) is 60.8 Å². The van der Waals surface area contributed by atoms with E-state index in [4.69, 9.17) is 28.4 Å². The van der Waals surface area contributed by atoms with Crippen molar-refractivity contribution in [1.29, 1.82) is 0 Å². The predicted octanol–water partition coefficient (Wildman–Crippen LogP) is 6.82. The largest absolute Gasteiger partial charge is 0.394 e. The molecule has 12 N–H and O–H groups in total. The van der Waals surface area contributed by atoms with E-state index in [0.717, 1.165) is 57.8 Å². The fourth-order valence-electron chi connectivity index (χ4n) is 10.6. The summed E-state index contributed by atoms with van der Waals surface area (Å²) in [5, 5.41) is 120. The third kappa shape index (κ3) is 29.8. The zero-order chi connectivity index (χ0) is 60.5. The van der Waals surface area contributed by atoms with E-state index in [2.05, 4.69) is 67.8 Å². The highest BCUT2D eigenvalue weighted by atomic mass is 16.8. The van der Waals surface area contributed by atoms with E-state index in [9.17, 15) is 61.0 Å². The first kappa shape index (κ1) is 74.7. The number of allylic oxidation sites excluding steroid dienone is 9. The minimum atomic E-state index is -1.99. The van der Waals surface area contributed by atoms with Crippen LogP contribution in [0.25, 0.3) is 0 Å². The lowest BCUT2D eigenvalue weighted by Crippen LogP contribution is -2.66. The SMILES string of the molecule is CC/C=C\C/C=C\C/C=C\CCCCCC(=O)NC(COC1OC(CO)C(OC2OC(CO)C(OC3OC(CO)C(O)C(O)C3O)C(O)C2O)C(O)C1O)C(O)/C=C/CC/C=C/CCCCCCCCCCCCCCCCCCCCC. The summed E-state index contributed by atoms with van der Waals surface area (Å²) in [5.41, 5.74) is 0. The summed E-state index contributed by atoms with van der Waals surface area (Å²) < 4.78 is 34.2. The van der Waals surface area contributed by atoms with Crippen LogP contribution in [0, 0.1) is 0 Å². The zero-order valence-corrected chi connectivity index (χ0v) is 50.4. The summed E-state index contributed by atoms with van der Waals surface area (Å²) in [4.78, 5) is 13.3. The van der Waals surface area contributed by atoms with E-state index < -0.39 is 124 Å². The molecule has 0 aromatic rings. The van der Waals surface area contributed by atoms with E-state index in [1.807, 2.05) is 6.08 Å². The number of amides is 1. The molecule has 17 atom stereocenters. The van der Waals surface area contributed by atoms with Crippen LogP contribution in [0.5, 0.6) is 0 Å². The molecule has 3 heterocycles. The maximum atomic E-state index is 13.3. The van der Waals surface area contributed by atoms with Gasteiger partial charge < -0.3 is 89.9 Å². The highest BCUT2D eigenvalue weighted by Crippen LogP contribution is 2.33. The van der Waals surface area contributed by atoms with Gasteiger partial charge in [-0.25, -0.2) is 0 Å². The molecule has 0 bridgehead atoms. The van der Waals surface area contributed by atoms with E-state index in [0.29, 0.717) is 12.8 Å². The van der Waals surface area contributed by atoms with Gasteiger partial charge in [0.25, 0.3) is 0 Å². The maximum absolute atomic E-state index is 13.3. The lowest BCUT2D eigenvalue weighted by molar-refractivity contribution is -0.379. The molecule has 17 unspecified atom stereocenters. The van der Waals surface area contributed by atoms with E-state index in [1.54, 1.807) is 6.08 Å². The van der Waals surface area contributed by atoms with Gasteiger partial charge in [-0.15, -0.1) is 0 Å². The average molecular weight is 1180 g/mol. The van der Waals surface area contributed by atoms with E-state index in [-0.39, 0.29) is 18.9 Å². The van der Waals surface area contributed by atoms with Gasteiger partial charge in [0.2, 0.25) is 5.91 Å². The molecule has 3 rings (SSSR count). The predicted molar refractivity (Wildman–Crippen MR) is 318 cm³/mol. The molecule has 0 aliphatic carbocycles. The molecule has 0 saturated carbocycles. The minimum Gasteiger partial charge on any atom is -0.394 e. The number of unbranched alkanes of at least 4 members (excludes halogenated alkanes) is 23. The van der Waals surface area contributed by atoms with E-state index >= 15 is 0 Å². The Morgan fingerprint density at radius 2 is 0.843 bits per heavy atom. The molecule has 19 heteroatoms. The molecule has 3 aliphatic heterocycles. The fraction of sp³-hybridized carbons (Fsp3) is 0.828. The van der Waals surface area contributed by atoms with Gasteiger partial charge in [-0.2, -0.15) is 0 Å². The second kappa shape index (κ2) is 46.6. The normalized spacial score (nSPS) is 29.8. The molecule has 1 amide bonds. The highest BCUT2D eigenvalue weighted by Gasteiger charge is 2.53. The van der Waals surface area contributed by atoms with Crippen LogP contribution in [0.3, 0.4) is 0 Å². The topological polar surface area (TPSA) is 307 Å². The molecule has 83 heavy (non-hydrogen) atoms. The second-order valence-corrected chi connectivity index (χ2v) is 22.8.